The van der Waals surface area contributed by atoms with E-state index in [4.69, 9.17) is 4.74 Å². The van der Waals surface area contributed by atoms with Crippen LogP contribution in [0.3, 0.4) is 0 Å². The molecule has 0 aliphatic rings. The Kier molecular flexibility index (Phi) is 8.18. The summed E-state index contributed by atoms with van der Waals surface area (Å²) in [7, 11) is 0. The van der Waals surface area contributed by atoms with E-state index >= 15 is 0 Å². The minimum Gasteiger partial charge on any atom is -0.428 e. The van der Waals surface area contributed by atoms with Gasteiger partial charge < -0.3 is 4.74 Å². The van der Waals surface area contributed by atoms with E-state index in [-0.39, 0.29) is 35.5 Å². The Labute approximate surface area is 89.6 Å². The van der Waals surface area contributed by atoms with E-state index in [1.807, 2.05) is 13.8 Å². The summed E-state index contributed by atoms with van der Waals surface area (Å²) in [5.74, 6) is 0.201. The third-order valence-corrected chi connectivity index (χ3v) is 1.04. The van der Waals surface area contributed by atoms with Crippen molar-refractivity contribution in [2.45, 2.75) is 13.8 Å². The molecule has 0 aromatic heterocycles. The first-order valence-corrected chi connectivity index (χ1v) is 3.11. The standard InChI is InChI=1S/C8H12O2.Na/c1-5-8(9)10-7(4)6(2)3;/h5-6H,1,4H2,2-3H3;. The van der Waals surface area contributed by atoms with Gasteiger partial charge in [-0.2, -0.15) is 0 Å². The van der Waals surface area contributed by atoms with E-state index in [2.05, 4.69) is 13.2 Å². The van der Waals surface area contributed by atoms with Crippen LogP contribution in [0.4, 0.5) is 0 Å². The number of carbonyl (C=O) groups excluding carboxylic acids is 1. The van der Waals surface area contributed by atoms with Crippen LogP contribution in [0.2, 0.25) is 0 Å². The molecule has 0 saturated carbocycles. The number of ether oxygens (including phenoxy) is 1. The van der Waals surface area contributed by atoms with Crippen LogP contribution in [0, 0.1) is 5.92 Å². The molecule has 2 nitrogen and oxygen atoms in total. The second-order valence-electron chi connectivity index (χ2n) is 2.25. The molecule has 0 unspecified atom stereocenters. The fourth-order valence-electron chi connectivity index (χ4n) is 0.289. The summed E-state index contributed by atoms with van der Waals surface area (Å²) in [4.78, 5) is 10.5. The summed E-state index contributed by atoms with van der Waals surface area (Å²) in [6.45, 7) is 10.6. The van der Waals surface area contributed by atoms with E-state index < -0.39 is 5.97 Å². The van der Waals surface area contributed by atoms with Gasteiger partial charge in [0, 0.05) is 41.6 Å². The molecule has 0 N–H and O–H groups in total. The van der Waals surface area contributed by atoms with Gasteiger partial charge >= 0.3 is 5.97 Å². The molecule has 0 aliphatic heterocycles. The van der Waals surface area contributed by atoms with Crippen LogP contribution in [0.5, 0.6) is 0 Å². The molecule has 0 saturated heterocycles. The van der Waals surface area contributed by atoms with Crippen molar-refractivity contribution in [1.82, 2.24) is 0 Å². The van der Waals surface area contributed by atoms with Crippen LogP contribution in [0.25, 0.3) is 0 Å². The largest absolute Gasteiger partial charge is 0.428 e. The Morgan fingerprint density at radius 2 is 2.00 bits per heavy atom. The maximum absolute atomic E-state index is 10.5. The Morgan fingerprint density at radius 1 is 1.55 bits per heavy atom. The van der Waals surface area contributed by atoms with Crippen molar-refractivity contribution in [2.75, 3.05) is 0 Å². The Balaban J connectivity index is 0. The van der Waals surface area contributed by atoms with Gasteiger partial charge in [-0.25, -0.2) is 4.79 Å². The Hall–Kier alpha value is -0.0500. The molecule has 3 heteroatoms. The van der Waals surface area contributed by atoms with Gasteiger partial charge in [-0.15, -0.1) is 0 Å². The summed E-state index contributed by atoms with van der Waals surface area (Å²) in [6.07, 6.45) is 1.12. The first-order chi connectivity index (χ1) is 4.57. The SMILES string of the molecule is C=CC(=O)OC(=C)C(C)C.[Na]. The minimum absolute atomic E-state index is 0. The monoisotopic (exact) mass is 163 g/mol. The summed E-state index contributed by atoms with van der Waals surface area (Å²) in [5, 5.41) is 0. The molecule has 0 spiro atoms. The molecular formula is C8H12NaO2. The van der Waals surface area contributed by atoms with Crippen LogP contribution in [-0.2, 0) is 9.53 Å². The van der Waals surface area contributed by atoms with Crippen molar-refractivity contribution >= 4 is 35.5 Å². The third-order valence-electron chi connectivity index (χ3n) is 1.04. The second-order valence-corrected chi connectivity index (χ2v) is 2.25. The van der Waals surface area contributed by atoms with Gasteiger partial charge in [0.25, 0.3) is 0 Å². The molecule has 0 heterocycles. The zero-order valence-electron chi connectivity index (χ0n) is 7.39. The predicted molar refractivity (Wildman–Crippen MR) is 46.0 cm³/mol. The zero-order chi connectivity index (χ0) is 8.15. The van der Waals surface area contributed by atoms with E-state index in [0.29, 0.717) is 5.76 Å². The minimum atomic E-state index is -0.446. The number of hydrogen-bond acceptors (Lipinski definition) is 2. The van der Waals surface area contributed by atoms with E-state index in [0.717, 1.165) is 6.08 Å². The number of rotatable bonds is 3. The van der Waals surface area contributed by atoms with Gasteiger partial charge in [0.15, 0.2) is 0 Å². The zero-order valence-corrected chi connectivity index (χ0v) is 9.39. The summed E-state index contributed by atoms with van der Waals surface area (Å²) in [5.41, 5.74) is 0. The fourth-order valence-corrected chi connectivity index (χ4v) is 0.289. The topological polar surface area (TPSA) is 26.3 Å². The van der Waals surface area contributed by atoms with Crippen molar-refractivity contribution in [3.63, 3.8) is 0 Å². The predicted octanol–water partition coefficient (Wildman–Crippen LogP) is 1.50. The average Bonchev–Trinajstić information content (AvgIpc) is 1.87. The van der Waals surface area contributed by atoms with Crippen LogP contribution in [0.15, 0.2) is 25.0 Å². The Morgan fingerprint density at radius 3 is 2.27 bits per heavy atom. The molecule has 0 amide bonds. The second kappa shape index (κ2) is 6.65. The van der Waals surface area contributed by atoms with Crippen LogP contribution in [0.1, 0.15) is 13.8 Å². The van der Waals surface area contributed by atoms with Gasteiger partial charge in [0.05, 0.1) is 0 Å². The summed E-state index contributed by atoms with van der Waals surface area (Å²) < 4.78 is 4.71. The Bertz CT molecular complexity index is 161. The van der Waals surface area contributed by atoms with Gasteiger partial charge in [0.2, 0.25) is 0 Å². The van der Waals surface area contributed by atoms with E-state index in [9.17, 15) is 4.79 Å². The normalized spacial score (nSPS) is 8.27. The van der Waals surface area contributed by atoms with Gasteiger partial charge in [-0.3, -0.25) is 0 Å². The van der Waals surface area contributed by atoms with Gasteiger partial charge in [0.1, 0.15) is 5.76 Å². The molecule has 0 rings (SSSR count). The van der Waals surface area contributed by atoms with Gasteiger partial charge in [-0.05, 0) is 0 Å². The van der Waals surface area contributed by atoms with Crippen molar-refractivity contribution in [2.24, 2.45) is 5.92 Å². The molecule has 0 aromatic rings. The van der Waals surface area contributed by atoms with Gasteiger partial charge in [-0.1, -0.05) is 27.0 Å². The molecule has 0 aromatic carbocycles. The maximum Gasteiger partial charge on any atom is 0.335 e. The fraction of sp³-hybridized carbons (Fsp3) is 0.375. The molecule has 11 heavy (non-hydrogen) atoms. The van der Waals surface area contributed by atoms with Crippen molar-refractivity contribution in [3.05, 3.63) is 25.0 Å². The smallest absolute Gasteiger partial charge is 0.335 e. The molecule has 57 valence electrons. The number of carbonyl (C=O) groups is 1. The van der Waals surface area contributed by atoms with Crippen molar-refractivity contribution in [1.29, 1.82) is 0 Å². The van der Waals surface area contributed by atoms with Crippen LogP contribution in [-0.4, -0.2) is 35.5 Å². The first kappa shape index (κ1) is 13.5. The number of allylic oxidation sites excluding steroid dienone is 1. The number of hydrogen-bond donors (Lipinski definition) is 0. The molecule has 0 bridgehead atoms. The quantitative estimate of drug-likeness (QED) is 0.273. The maximum atomic E-state index is 10.5. The summed E-state index contributed by atoms with van der Waals surface area (Å²) >= 11 is 0. The first-order valence-electron chi connectivity index (χ1n) is 3.11. The number of esters is 1. The van der Waals surface area contributed by atoms with Crippen LogP contribution >= 0.6 is 0 Å². The molecule has 0 aliphatic carbocycles. The van der Waals surface area contributed by atoms with E-state index in [1.165, 1.54) is 0 Å². The molecule has 0 atom stereocenters. The molecule has 1 radical (unpaired) electrons. The molecular weight excluding hydrogens is 151 g/mol. The summed E-state index contributed by atoms with van der Waals surface area (Å²) in [6, 6.07) is 0. The van der Waals surface area contributed by atoms with E-state index in [1.54, 1.807) is 0 Å². The van der Waals surface area contributed by atoms with Crippen LogP contribution < -0.4 is 0 Å². The average molecular weight is 163 g/mol. The molecule has 0 fully saturated rings. The van der Waals surface area contributed by atoms with Crippen molar-refractivity contribution in [3.8, 4) is 0 Å². The van der Waals surface area contributed by atoms with Crippen molar-refractivity contribution < 1.29 is 9.53 Å². The third kappa shape index (κ3) is 6.35.